The summed E-state index contributed by atoms with van der Waals surface area (Å²) in [6.07, 6.45) is 0. The Balaban J connectivity index is 0. The number of hydrogen-bond donors (Lipinski definition) is 0. The van der Waals surface area contributed by atoms with Crippen molar-refractivity contribution < 1.29 is 204 Å². The third-order valence-corrected chi connectivity index (χ3v) is 0. The van der Waals surface area contributed by atoms with E-state index in [1.54, 1.807) is 0 Å². The maximum absolute atomic E-state index is 0. The first kappa shape index (κ1) is 506. The summed E-state index contributed by atoms with van der Waals surface area (Å²) in [5.41, 5.74) is 0. The second-order valence-electron chi connectivity index (χ2n) is 0. The molecule has 0 fully saturated rings. The first-order valence-electron chi connectivity index (χ1n) is 0. The first-order chi connectivity index (χ1) is 0. The van der Waals surface area contributed by atoms with E-state index < -0.39 is 0 Å². The van der Waals surface area contributed by atoms with Gasteiger partial charge in [-0.3, -0.25) is 0 Å². The summed E-state index contributed by atoms with van der Waals surface area (Å²) in [6.45, 7) is 0. The van der Waals surface area contributed by atoms with E-state index in [1.165, 1.54) is 0 Å². The summed E-state index contributed by atoms with van der Waals surface area (Å²) in [7, 11) is 0. The number of hydrogen-bond acceptors (Lipinski definition) is 0. The molecule has 0 heterocycles. The molecule has 17 heavy (non-hydrogen) atoms. The van der Waals surface area contributed by atoms with Crippen molar-refractivity contribution in [3.05, 3.63) is 0 Å². The van der Waals surface area contributed by atoms with Gasteiger partial charge in [-0.15, -0.1) is 0 Å². The molecule has 0 atom stereocenters. The largest absolute Gasteiger partial charge is 3.00 e. The third kappa shape index (κ3) is 391. The maximum atomic E-state index is 0. The summed E-state index contributed by atoms with van der Waals surface area (Å²) < 4.78 is 0. The van der Waals surface area contributed by atoms with Crippen LogP contribution in [0.2, 0.25) is 0 Å². The summed E-state index contributed by atoms with van der Waals surface area (Å²) in [6, 6.07) is 0. The fraction of sp³-hybridized carbons (Fsp3) is 0. The third-order valence-electron chi connectivity index (χ3n) is 0. The zero-order valence-electron chi connectivity index (χ0n) is 6.73. The van der Waals surface area contributed by atoms with Crippen LogP contribution < -0.4 is 0 Å². The van der Waals surface area contributed by atoms with E-state index >= 15 is 0 Å². The molecule has 0 spiro atoms. The molecule has 0 aliphatic heterocycles. The van der Waals surface area contributed by atoms with Gasteiger partial charge in [0.1, 0.15) is 0 Å². The fourth-order valence-electron chi connectivity index (χ4n) is 0. The fourth-order valence-corrected chi connectivity index (χ4v) is 0. The van der Waals surface area contributed by atoms with E-state index in [1.807, 2.05) is 0 Å². The van der Waals surface area contributed by atoms with Crippen molar-refractivity contribution in [1.29, 1.82) is 0 Å². The minimum Gasteiger partial charge on any atom is -2.00 e. The van der Waals surface area contributed by atoms with Gasteiger partial charge in [0.05, 0.1) is 0 Å². The van der Waals surface area contributed by atoms with E-state index in [-0.39, 0.29) is 204 Å². The molecule has 0 bridgehead atoms. The van der Waals surface area contributed by atoms with Gasteiger partial charge in [0.15, 0.2) is 0 Å². The van der Waals surface area contributed by atoms with Crippen LogP contribution in [0.5, 0.6) is 0 Å². The van der Waals surface area contributed by atoms with Gasteiger partial charge in [-0.1, -0.05) is 0 Å². The predicted molar refractivity (Wildman–Crippen MR) is 8.24 cm³/mol. The van der Waals surface area contributed by atoms with Gasteiger partial charge in [0.2, 0.25) is 0 Å². The van der Waals surface area contributed by atoms with Crippen LogP contribution in [0.1, 0.15) is 0 Å². The molecular weight excluding hydrogens is 1070 g/mol. The van der Waals surface area contributed by atoms with E-state index in [0.29, 0.717) is 0 Å². The summed E-state index contributed by atoms with van der Waals surface area (Å²) in [5, 5.41) is 0. The Bertz CT molecular complexity index is 19.7. The van der Waals surface area contributed by atoms with Crippen molar-refractivity contribution in [3.8, 4) is 0 Å². The molecule has 0 saturated carbocycles. The molecule has 0 aromatic rings. The Kier molecular flexibility index (Phi) is 13000. The molecule has 0 aliphatic rings. The molecule has 0 unspecified atom stereocenters. The topological polar surface area (TPSA) is 342 Å². The van der Waals surface area contributed by atoms with Crippen molar-refractivity contribution in [1.82, 2.24) is 0 Å². The Morgan fingerprint density at radius 2 is 0.176 bits per heavy atom. The SMILES string of the molecule is [Ho+3].[Ho+3].[O-2].[O-2].[O-2].[O-2].[O-2].[O-2].[O-2].[O-2].[O-2].[O-2].[O-2].[O-2].[W].[W].[W]. The van der Waals surface area contributed by atoms with E-state index in [2.05, 4.69) is 0 Å². The van der Waals surface area contributed by atoms with Crippen molar-refractivity contribution in [3.63, 3.8) is 0 Å². The Hall–Kier alpha value is 4.10. The molecule has 0 amide bonds. The molecular formula is Ho2O12W3-18. The van der Waals surface area contributed by atoms with Gasteiger partial charge in [-0.25, -0.2) is 0 Å². The maximum Gasteiger partial charge on any atom is 3.00 e. The van der Waals surface area contributed by atoms with Crippen LogP contribution in [0.3, 0.4) is 0 Å². The molecule has 0 N–H and O–H groups in total. The second kappa shape index (κ2) is 436. The normalized spacial score (nSPS) is 0. The summed E-state index contributed by atoms with van der Waals surface area (Å²) >= 11 is 0. The minimum absolute atomic E-state index is 0. The molecule has 12 nitrogen and oxygen atoms in total. The molecule has 0 saturated heterocycles. The Labute approximate surface area is 201 Å². The quantitative estimate of drug-likeness (QED) is 0.252. The monoisotopic (exact) mass is 1070 g/mol. The van der Waals surface area contributed by atoms with Crippen LogP contribution in [0.4, 0.5) is 0 Å². The standard InChI is InChI=1S/2Ho.12O.3W/q2*+3;12*-2;;;. The molecule has 0 radical (unpaired) electrons. The van der Waals surface area contributed by atoms with Crippen molar-refractivity contribution >= 4 is 0 Å². The average Bonchev–Trinajstić information content (AvgIpc) is 0. The van der Waals surface area contributed by atoms with Crippen LogP contribution >= 0.6 is 0 Å². The van der Waals surface area contributed by atoms with Crippen molar-refractivity contribution in [2.75, 3.05) is 0 Å². The number of rotatable bonds is 0. The first-order valence-corrected chi connectivity index (χ1v) is 0. The zero-order valence-corrected chi connectivity index (χ0v) is 19.4. The Morgan fingerprint density at radius 1 is 0.176 bits per heavy atom. The van der Waals surface area contributed by atoms with Gasteiger partial charge in [0.25, 0.3) is 0 Å². The smallest absolute Gasteiger partial charge is 2.00 e. The zero-order chi connectivity index (χ0) is 0. The predicted octanol–water partition coefficient (Wildman–Crippen LogP) is -1.43. The summed E-state index contributed by atoms with van der Waals surface area (Å²) in [4.78, 5) is 0. The van der Waals surface area contributed by atoms with Gasteiger partial charge in [0, 0.05) is 63.2 Å². The van der Waals surface area contributed by atoms with Crippen LogP contribution in [-0.4, -0.2) is 0 Å². The molecule has 0 aromatic carbocycles. The van der Waals surface area contributed by atoms with E-state index in [9.17, 15) is 0 Å². The van der Waals surface area contributed by atoms with Crippen molar-refractivity contribution in [2.24, 2.45) is 0 Å². The van der Waals surface area contributed by atoms with Gasteiger partial charge < -0.3 is 65.7 Å². The van der Waals surface area contributed by atoms with Gasteiger partial charge in [-0.2, -0.15) is 0 Å². The van der Waals surface area contributed by atoms with Crippen LogP contribution in [0.25, 0.3) is 0 Å². The van der Waals surface area contributed by atoms with E-state index in [0.717, 1.165) is 0 Å². The van der Waals surface area contributed by atoms with Crippen molar-refractivity contribution in [2.45, 2.75) is 0 Å². The molecule has 17 heteroatoms. The summed E-state index contributed by atoms with van der Waals surface area (Å²) in [5.74, 6) is 0. The van der Waals surface area contributed by atoms with Crippen LogP contribution in [0.15, 0.2) is 0 Å². The van der Waals surface area contributed by atoms with E-state index in [4.69, 9.17) is 0 Å². The second-order valence-corrected chi connectivity index (χ2v) is 0. The molecule has 0 aromatic heterocycles. The van der Waals surface area contributed by atoms with Gasteiger partial charge >= 0.3 is 75.5 Å². The average molecular weight is 1070 g/mol. The minimum atomic E-state index is 0. The molecule has 0 aliphatic carbocycles. The van der Waals surface area contributed by atoms with Gasteiger partial charge in [-0.05, 0) is 0 Å². The van der Waals surface area contributed by atoms with Crippen LogP contribution in [-0.2, 0) is 129 Å². The molecule has 0 rings (SSSR count). The van der Waals surface area contributed by atoms with Crippen LogP contribution in [0, 0.1) is 75.5 Å². The molecule has 130 valence electrons. The Morgan fingerprint density at radius 3 is 0.176 bits per heavy atom.